The first-order valence-corrected chi connectivity index (χ1v) is 11.3. The van der Waals surface area contributed by atoms with Crippen LogP contribution in [0.15, 0.2) is 53.6 Å². The van der Waals surface area contributed by atoms with Crippen LogP contribution in [0.5, 0.6) is 0 Å². The van der Waals surface area contributed by atoms with Crippen molar-refractivity contribution in [3.63, 3.8) is 0 Å². The van der Waals surface area contributed by atoms with Gasteiger partial charge in [-0.2, -0.15) is 0 Å². The van der Waals surface area contributed by atoms with Gasteiger partial charge in [-0.05, 0) is 61.3 Å². The van der Waals surface area contributed by atoms with Crippen LogP contribution in [-0.2, 0) is 12.0 Å². The van der Waals surface area contributed by atoms with E-state index in [1.54, 1.807) is 0 Å². The average Bonchev–Trinajstić information content (AvgIpc) is 2.99. The highest BCUT2D eigenvalue weighted by Gasteiger charge is 2.34. The molecule has 0 amide bonds. The molecule has 1 aliphatic heterocycles. The molecule has 0 bridgehead atoms. The molecule has 0 radical (unpaired) electrons. The van der Waals surface area contributed by atoms with Crippen molar-refractivity contribution < 1.29 is 0 Å². The summed E-state index contributed by atoms with van der Waals surface area (Å²) in [6.45, 7) is 0.760. The summed E-state index contributed by atoms with van der Waals surface area (Å²) in [5.41, 5.74) is 13.4. The van der Waals surface area contributed by atoms with Crippen LogP contribution in [0.4, 0.5) is 5.82 Å². The monoisotopic (exact) mass is 413 g/mol. The lowest BCUT2D eigenvalue weighted by atomic mass is 9.72. The molecule has 1 aromatic heterocycles. The lowest BCUT2D eigenvalue weighted by Gasteiger charge is -2.38. The molecule has 31 heavy (non-hydrogen) atoms. The van der Waals surface area contributed by atoms with Crippen LogP contribution in [0.2, 0.25) is 0 Å². The normalized spacial score (nSPS) is 19.3. The summed E-state index contributed by atoms with van der Waals surface area (Å²) in [4.78, 5) is 11.8. The van der Waals surface area contributed by atoms with Gasteiger partial charge in [0.2, 0.25) is 0 Å². The third kappa shape index (κ3) is 3.79. The number of fused-ring (bicyclic) bond motifs is 1. The molecule has 1 saturated carbocycles. The Bertz CT molecular complexity index is 1070. The van der Waals surface area contributed by atoms with Crippen LogP contribution in [0.3, 0.4) is 0 Å². The molecule has 0 spiro atoms. The highest BCUT2D eigenvalue weighted by Crippen LogP contribution is 2.40. The van der Waals surface area contributed by atoms with E-state index in [0.29, 0.717) is 0 Å². The van der Waals surface area contributed by atoms with Crippen LogP contribution in [0.25, 0.3) is 16.8 Å². The number of nitrogens with one attached hydrogen (secondary N) is 1. The molecule has 5 nitrogen and oxygen atoms in total. The number of hydrogen-bond donors (Lipinski definition) is 2. The molecule has 3 N–H and O–H groups in total. The molecule has 2 aromatic rings. The van der Waals surface area contributed by atoms with E-state index in [1.165, 1.54) is 28.7 Å². The van der Waals surface area contributed by atoms with Gasteiger partial charge in [-0.25, -0.2) is 4.98 Å². The maximum absolute atomic E-state index is 6.55. The predicted octanol–water partition coefficient (Wildman–Crippen LogP) is 4.71. The maximum Gasteiger partial charge on any atom is 0.199 e. The van der Waals surface area contributed by atoms with Crippen molar-refractivity contribution in [2.24, 2.45) is 10.7 Å². The topological polar surface area (TPSA) is 66.5 Å². The number of nitrogens with zero attached hydrogens (tertiary/aromatic N) is 3. The first-order valence-electron chi connectivity index (χ1n) is 11.3. The first kappa shape index (κ1) is 20.0. The fraction of sp³-hybridized carbons (Fsp3) is 0.385. The molecule has 0 saturated heterocycles. The molecule has 160 valence electrons. The number of rotatable bonds is 3. The van der Waals surface area contributed by atoms with Crippen molar-refractivity contribution >= 4 is 17.4 Å². The van der Waals surface area contributed by atoms with E-state index in [9.17, 15) is 0 Å². The molecular weight excluding hydrogens is 382 g/mol. The van der Waals surface area contributed by atoms with Gasteiger partial charge in [-0.15, -0.1) is 0 Å². The van der Waals surface area contributed by atoms with Gasteiger partial charge in [-0.1, -0.05) is 42.5 Å². The Hall–Kier alpha value is -2.92. The van der Waals surface area contributed by atoms with E-state index in [1.807, 2.05) is 19.0 Å². The quantitative estimate of drug-likeness (QED) is 0.765. The van der Waals surface area contributed by atoms with E-state index in [-0.39, 0.29) is 5.54 Å². The summed E-state index contributed by atoms with van der Waals surface area (Å²) < 4.78 is 0. The van der Waals surface area contributed by atoms with E-state index in [0.717, 1.165) is 61.7 Å². The second-order valence-electron chi connectivity index (χ2n) is 9.09. The van der Waals surface area contributed by atoms with E-state index >= 15 is 0 Å². The van der Waals surface area contributed by atoms with Crippen molar-refractivity contribution in [1.29, 1.82) is 0 Å². The first-order chi connectivity index (χ1) is 15.0. The van der Waals surface area contributed by atoms with Crippen molar-refractivity contribution in [1.82, 2.24) is 9.88 Å². The third-order valence-corrected chi connectivity index (χ3v) is 6.68. The van der Waals surface area contributed by atoms with Crippen LogP contribution in [-0.4, -0.2) is 36.5 Å². The number of aliphatic imine (C=N–C) groups is 1. The second-order valence-corrected chi connectivity index (χ2v) is 9.09. The Morgan fingerprint density at radius 1 is 1.10 bits per heavy atom. The number of hydrogen-bond acceptors (Lipinski definition) is 5. The van der Waals surface area contributed by atoms with Crippen molar-refractivity contribution in [2.75, 3.05) is 26.0 Å². The van der Waals surface area contributed by atoms with Gasteiger partial charge in [0, 0.05) is 37.3 Å². The number of aromatic nitrogens is 1. The Labute approximate surface area is 184 Å². The lowest BCUT2D eigenvalue weighted by molar-refractivity contribution is 0.253. The minimum atomic E-state index is -0.143. The number of guanidine groups is 1. The van der Waals surface area contributed by atoms with Crippen LogP contribution < -0.4 is 11.1 Å². The summed E-state index contributed by atoms with van der Waals surface area (Å²) in [6, 6.07) is 11.1. The molecule has 0 unspecified atom stereocenters. The van der Waals surface area contributed by atoms with Crippen LogP contribution in [0.1, 0.15) is 48.8 Å². The van der Waals surface area contributed by atoms with Crippen molar-refractivity contribution in [3.8, 4) is 11.3 Å². The van der Waals surface area contributed by atoms with E-state index < -0.39 is 0 Å². The Balaban J connectivity index is 1.59. The van der Waals surface area contributed by atoms with Gasteiger partial charge >= 0.3 is 0 Å². The van der Waals surface area contributed by atoms with E-state index in [4.69, 9.17) is 10.7 Å². The smallest absolute Gasteiger partial charge is 0.199 e. The van der Waals surface area contributed by atoms with Gasteiger partial charge in [-0.3, -0.25) is 4.99 Å². The second kappa shape index (κ2) is 7.97. The molecule has 2 heterocycles. The minimum Gasteiger partial charge on any atom is -0.349 e. The van der Waals surface area contributed by atoms with Gasteiger partial charge < -0.3 is 16.0 Å². The fourth-order valence-corrected chi connectivity index (χ4v) is 4.59. The van der Waals surface area contributed by atoms with Gasteiger partial charge in [0.05, 0.1) is 5.69 Å². The zero-order valence-electron chi connectivity index (χ0n) is 18.5. The molecule has 2 aliphatic carbocycles. The fourth-order valence-electron chi connectivity index (χ4n) is 4.59. The van der Waals surface area contributed by atoms with Crippen molar-refractivity contribution in [2.45, 2.75) is 44.1 Å². The predicted molar refractivity (Wildman–Crippen MR) is 129 cm³/mol. The average molecular weight is 414 g/mol. The summed E-state index contributed by atoms with van der Waals surface area (Å²) >= 11 is 0. The summed E-state index contributed by atoms with van der Waals surface area (Å²) in [6.07, 6.45) is 13.2. The Kier molecular flexibility index (Phi) is 5.14. The standard InChI is InChI=1S/C26H31N5/c1-31(2)25-28-16-13-20-17-22(18-7-4-3-5-8-18)23(29-24(20)30-25)19-9-11-21(12-10-19)26(27)14-6-15-26/h4,7-12,17H,3,5-6,13-16,27H2,1-2H3,(H,28,29,30). The molecular formula is C26H31N5. The highest BCUT2D eigenvalue weighted by atomic mass is 15.3. The Morgan fingerprint density at radius 3 is 2.55 bits per heavy atom. The summed E-state index contributed by atoms with van der Waals surface area (Å²) in [5, 5.41) is 3.46. The summed E-state index contributed by atoms with van der Waals surface area (Å²) in [5.74, 6) is 1.76. The largest absolute Gasteiger partial charge is 0.349 e. The molecule has 3 aliphatic rings. The summed E-state index contributed by atoms with van der Waals surface area (Å²) in [7, 11) is 4.01. The minimum absolute atomic E-state index is 0.143. The van der Waals surface area contributed by atoms with Gasteiger partial charge in [0.25, 0.3) is 0 Å². The van der Waals surface area contributed by atoms with Crippen LogP contribution >= 0.6 is 0 Å². The SMILES string of the molecule is CN(C)C1=NCCc2cc(C3=CCCC=C3)c(-c3ccc(C4(N)CCC4)cc3)nc2N1. The molecule has 1 aromatic carbocycles. The Morgan fingerprint density at radius 2 is 1.90 bits per heavy atom. The zero-order valence-corrected chi connectivity index (χ0v) is 18.5. The van der Waals surface area contributed by atoms with Gasteiger partial charge in [0.15, 0.2) is 5.96 Å². The van der Waals surface area contributed by atoms with Crippen molar-refractivity contribution in [3.05, 3.63) is 65.3 Å². The van der Waals surface area contributed by atoms with E-state index in [2.05, 4.69) is 58.9 Å². The molecule has 5 rings (SSSR count). The zero-order chi connectivity index (χ0) is 21.4. The molecule has 5 heteroatoms. The number of benzene rings is 1. The molecule has 0 atom stereocenters. The number of nitrogens with two attached hydrogens (primary N) is 1. The third-order valence-electron chi connectivity index (χ3n) is 6.68. The van der Waals surface area contributed by atoms with Gasteiger partial charge in [0.1, 0.15) is 5.82 Å². The molecule has 1 fully saturated rings. The highest BCUT2D eigenvalue weighted by molar-refractivity contribution is 5.95. The number of allylic oxidation sites excluding steroid dienone is 4. The lowest BCUT2D eigenvalue weighted by Crippen LogP contribution is -2.43. The maximum atomic E-state index is 6.55. The number of pyridine rings is 1. The van der Waals surface area contributed by atoms with Crippen LogP contribution in [0, 0.1) is 0 Å². The number of anilines is 1.